The number of likely N-dealkylation sites (N-methyl/N-ethyl adjacent to an activating group) is 2. The zero-order valence-electron chi connectivity index (χ0n) is 8.00. The van der Waals surface area contributed by atoms with Crippen LogP contribution >= 0.6 is 0 Å². The van der Waals surface area contributed by atoms with Crippen molar-refractivity contribution in [2.24, 2.45) is 0 Å². The number of carbonyl (C=O) groups is 1. The molecule has 0 aromatic rings. The van der Waals surface area contributed by atoms with Crippen LogP contribution in [-0.4, -0.2) is 56.1 Å². The fourth-order valence-corrected chi connectivity index (χ4v) is 1.54. The van der Waals surface area contributed by atoms with Crippen molar-refractivity contribution in [1.29, 1.82) is 0 Å². The molecule has 0 spiro atoms. The van der Waals surface area contributed by atoms with Gasteiger partial charge in [-0.05, 0) is 20.0 Å². The lowest BCUT2D eigenvalue weighted by Crippen LogP contribution is -2.32. The van der Waals surface area contributed by atoms with Gasteiger partial charge in [0.1, 0.15) is 0 Å². The van der Waals surface area contributed by atoms with Gasteiger partial charge in [-0.1, -0.05) is 0 Å². The van der Waals surface area contributed by atoms with Gasteiger partial charge in [0.25, 0.3) is 0 Å². The van der Waals surface area contributed by atoms with E-state index in [0.29, 0.717) is 6.04 Å². The first-order valence-corrected chi connectivity index (χ1v) is 4.29. The van der Waals surface area contributed by atoms with Crippen LogP contribution in [0.25, 0.3) is 0 Å². The third kappa shape index (κ3) is 1.69. The molecule has 1 aliphatic rings. The van der Waals surface area contributed by atoms with E-state index in [1.807, 2.05) is 26.0 Å². The van der Waals surface area contributed by atoms with Gasteiger partial charge in [-0.2, -0.15) is 0 Å². The van der Waals surface area contributed by atoms with Crippen LogP contribution < -0.4 is 5.32 Å². The van der Waals surface area contributed by atoms with Crippen LogP contribution in [0.4, 0.5) is 4.79 Å². The van der Waals surface area contributed by atoms with Crippen molar-refractivity contribution < 1.29 is 4.79 Å². The first kappa shape index (κ1) is 9.32. The van der Waals surface area contributed by atoms with Crippen molar-refractivity contribution in [3.63, 3.8) is 0 Å². The molecule has 1 unspecified atom stereocenters. The average molecular weight is 171 g/mol. The predicted molar refractivity (Wildman–Crippen MR) is 48.1 cm³/mol. The van der Waals surface area contributed by atoms with E-state index in [-0.39, 0.29) is 6.03 Å². The molecule has 0 aliphatic carbocycles. The maximum Gasteiger partial charge on any atom is 0.319 e. The minimum absolute atomic E-state index is 0.135. The largest absolute Gasteiger partial charge is 0.326 e. The molecular formula is C8H17N3O. The second-order valence-corrected chi connectivity index (χ2v) is 3.32. The Morgan fingerprint density at radius 2 is 2.25 bits per heavy atom. The molecule has 4 nitrogen and oxygen atoms in total. The average Bonchev–Trinajstić information content (AvgIpc) is 2.30. The summed E-state index contributed by atoms with van der Waals surface area (Å²) < 4.78 is 0. The SMILES string of the molecule is CNCCC1CN(C)C(=O)N1C. The Kier molecular flexibility index (Phi) is 2.92. The van der Waals surface area contributed by atoms with E-state index in [4.69, 9.17) is 0 Å². The summed E-state index contributed by atoms with van der Waals surface area (Å²) in [5.74, 6) is 0. The van der Waals surface area contributed by atoms with Crippen molar-refractivity contribution in [3.05, 3.63) is 0 Å². The van der Waals surface area contributed by atoms with Gasteiger partial charge in [0.15, 0.2) is 0 Å². The molecule has 1 aliphatic heterocycles. The minimum Gasteiger partial charge on any atom is -0.326 e. The van der Waals surface area contributed by atoms with Crippen LogP contribution in [0.3, 0.4) is 0 Å². The van der Waals surface area contributed by atoms with Crippen molar-refractivity contribution in [2.45, 2.75) is 12.5 Å². The van der Waals surface area contributed by atoms with Crippen LogP contribution in [-0.2, 0) is 0 Å². The molecule has 1 N–H and O–H groups in total. The molecule has 1 saturated heterocycles. The molecule has 1 heterocycles. The van der Waals surface area contributed by atoms with Gasteiger partial charge >= 0.3 is 6.03 Å². The van der Waals surface area contributed by atoms with Gasteiger partial charge in [0, 0.05) is 20.6 Å². The minimum atomic E-state index is 0.135. The summed E-state index contributed by atoms with van der Waals surface area (Å²) in [7, 11) is 5.64. The van der Waals surface area contributed by atoms with Crippen LogP contribution in [0.15, 0.2) is 0 Å². The molecule has 0 aromatic heterocycles. The normalized spacial score (nSPS) is 23.9. The predicted octanol–water partition coefficient (Wildman–Crippen LogP) is -0.0383. The zero-order chi connectivity index (χ0) is 9.14. The Morgan fingerprint density at radius 1 is 1.58 bits per heavy atom. The fraction of sp³-hybridized carbons (Fsp3) is 0.875. The highest BCUT2D eigenvalue weighted by Gasteiger charge is 2.31. The van der Waals surface area contributed by atoms with Gasteiger partial charge in [0.05, 0.1) is 6.04 Å². The highest BCUT2D eigenvalue weighted by atomic mass is 16.2. The van der Waals surface area contributed by atoms with Crippen LogP contribution in [0.2, 0.25) is 0 Å². The van der Waals surface area contributed by atoms with Crippen LogP contribution in [0, 0.1) is 0 Å². The van der Waals surface area contributed by atoms with E-state index in [0.717, 1.165) is 19.5 Å². The highest BCUT2D eigenvalue weighted by molar-refractivity contribution is 5.76. The fourth-order valence-electron chi connectivity index (χ4n) is 1.54. The van der Waals surface area contributed by atoms with Crippen molar-refractivity contribution in [1.82, 2.24) is 15.1 Å². The molecular weight excluding hydrogens is 154 g/mol. The molecule has 0 aromatic carbocycles. The van der Waals surface area contributed by atoms with Gasteiger partial charge in [0.2, 0.25) is 0 Å². The van der Waals surface area contributed by atoms with Gasteiger partial charge in [-0.25, -0.2) is 4.79 Å². The van der Waals surface area contributed by atoms with E-state index in [1.165, 1.54) is 0 Å². The number of rotatable bonds is 3. The lowest BCUT2D eigenvalue weighted by atomic mass is 10.2. The zero-order valence-corrected chi connectivity index (χ0v) is 8.00. The third-order valence-electron chi connectivity index (χ3n) is 2.39. The second kappa shape index (κ2) is 3.76. The first-order valence-electron chi connectivity index (χ1n) is 4.29. The van der Waals surface area contributed by atoms with Crippen molar-refractivity contribution in [3.8, 4) is 0 Å². The monoisotopic (exact) mass is 171 g/mol. The van der Waals surface area contributed by atoms with Gasteiger partial charge < -0.3 is 15.1 Å². The Bertz CT molecular complexity index is 172. The molecule has 0 bridgehead atoms. The Balaban J connectivity index is 2.42. The van der Waals surface area contributed by atoms with E-state index < -0.39 is 0 Å². The Labute approximate surface area is 73.5 Å². The maximum atomic E-state index is 11.3. The van der Waals surface area contributed by atoms with E-state index in [2.05, 4.69) is 5.32 Å². The Morgan fingerprint density at radius 3 is 2.67 bits per heavy atom. The number of urea groups is 1. The molecule has 1 atom stereocenters. The van der Waals surface area contributed by atoms with Crippen molar-refractivity contribution >= 4 is 6.03 Å². The summed E-state index contributed by atoms with van der Waals surface area (Å²) in [4.78, 5) is 14.9. The summed E-state index contributed by atoms with van der Waals surface area (Å²) in [5, 5.41) is 3.09. The number of hydrogen-bond acceptors (Lipinski definition) is 2. The maximum absolute atomic E-state index is 11.3. The molecule has 70 valence electrons. The summed E-state index contributed by atoms with van der Waals surface area (Å²) in [6, 6.07) is 0.519. The topological polar surface area (TPSA) is 35.6 Å². The molecule has 1 fully saturated rings. The third-order valence-corrected chi connectivity index (χ3v) is 2.39. The van der Waals surface area contributed by atoms with Gasteiger partial charge in [-0.3, -0.25) is 0 Å². The summed E-state index contributed by atoms with van der Waals surface area (Å²) >= 11 is 0. The standard InChI is InChI=1S/C8H17N3O/c1-9-5-4-7-6-10(2)8(12)11(7)3/h7,9H,4-6H2,1-3H3. The second-order valence-electron chi connectivity index (χ2n) is 3.32. The van der Waals surface area contributed by atoms with Crippen LogP contribution in [0.5, 0.6) is 0 Å². The number of hydrogen-bond donors (Lipinski definition) is 1. The van der Waals surface area contributed by atoms with Crippen molar-refractivity contribution in [2.75, 3.05) is 34.2 Å². The summed E-state index contributed by atoms with van der Waals surface area (Å²) in [5.41, 5.74) is 0. The molecule has 2 amide bonds. The van der Waals surface area contributed by atoms with Gasteiger partial charge in [-0.15, -0.1) is 0 Å². The summed E-state index contributed by atoms with van der Waals surface area (Å²) in [6.45, 7) is 1.83. The Hall–Kier alpha value is -0.770. The smallest absolute Gasteiger partial charge is 0.319 e. The number of carbonyl (C=O) groups excluding carboxylic acids is 1. The quantitative estimate of drug-likeness (QED) is 0.647. The summed E-state index contributed by atoms with van der Waals surface area (Å²) in [6.07, 6.45) is 1.03. The van der Waals surface area contributed by atoms with E-state index in [9.17, 15) is 4.79 Å². The molecule has 0 saturated carbocycles. The number of amides is 2. The first-order chi connectivity index (χ1) is 5.66. The molecule has 12 heavy (non-hydrogen) atoms. The lowest BCUT2D eigenvalue weighted by Gasteiger charge is -2.16. The van der Waals surface area contributed by atoms with E-state index in [1.54, 1.807) is 4.90 Å². The molecule has 1 rings (SSSR count). The van der Waals surface area contributed by atoms with Crippen LogP contribution in [0.1, 0.15) is 6.42 Å². The highest BCUT2D eigenvalue weighted by Crippen LogP contribution is 2.13. The molecule has 0 radical (unpaired) electrons. The lowest BCUT2D eigenvalue weighted by molar-refractivity contribution is 0.200. The number of nitrogens with one attached hydrogen (secondary N) is 1. The molecule has 4 heteroatoms. The van der Waals surface area contributed by atoms with E-state index >= 15 is 0 Å². The number of nitrogens with zero attached hydrogens (tertiary/aromatic N) is 2.